The Bertz CT molecular complexity index is 639. The summed E-state index contributed by atoms with van der Waals surface area (Å²) in [6, 6.07) is 6.52. The third kappa shape index (κ3) is 3.21. The van der Waals surface area contributed by atoms with E-state index in [2.05, 4.69) is 15.6 Å². The number of carboxylic acid groups (broad SMARTS) is 1. The van der Waals surface area contributed by atoms with Crippen molar-refractivity contribution < 1.29 is 19.8 Å². The van der Waals surface area contributed by atoms with Gasteiger partial charge in [0.25, 0.3) is 0 Å². The van der Waals surface area contributed by atoms with Crippen molar-refractivity contribution in [2.75, 3.05) is 11.9 Å². The molecule has 0 spiro atoms. The molecule has 0 bridgehead atoms. The maximum absolute atomic E-state index is 11.6. The van der Waals surface area contributed by atoms with Gasteiger partial charge in [-0.05, 0) is 12.1 Å². The van der Waals surface area contributed by atoms with E-state index in [4.69, 9.17) is 10.2 Å². The van der Waals surface area contributed by atoms with E-state index in [1.54, 1.807) is 30.6 Å². The number of anilines is 1. The number of nitrogens with one attached hydrogen (secondary N) is 2. The van der Waals surface area contributed by atoms with Gasteiger partial charge < -0.3 is 20.8 Å². The molecule has 0 aliphatic heterocycles. The Morgan fingerprint density at radius 2 is 2.10 bits per heavy atom. The molecule has 7 nitrogen and oxygen atoms in total. The van der Waals surface area contributed by atoms with Crippen molar-refractivity contribution in [3.63, 3.8) is 0 Å². The molecule has 2 aromatic rings. The number of carbonyl (C=O) groups is 2. The first-order valence-electron chi connectivity index (χ1n) is 5.86. The Labute approximate surface area is 114 Å². The van der Waals surface area contributed by atoms with Crippen molar-refractivity contribution in [3.05, 3.63) is 36.7 Å². The van der Waals surface area contributed by atoms with Crippen LogP contribution in [-0.2, 0) is 4.79 Å². The van der Waals surface area contributed by atoms with E-state index < -0.39 is 18.1 Å². The Morgan fingerprint density at radius 3 is 2.85 bits per heavy atom. The summed E-state index contributed by atoms with van der Waals surface area (Å²) in [6.07, 6.45) is 1.66. The Kier molecular flexibility index (Phi) is 4.11. The van der Waals surface area contributed by atoms with Crippen molar-refractivity contribution >= 4 is 28.5 Å². The third-order valence-corrected chi connectivity index (χ3v) is 2.67. The van der Waals surface area contributed by atoms with Crippen LogP contribution in [0.4, 0.5) is 10.5 Å². The lowest BCUT2D eigenvalue weighted by Gasteiger charge is -2.11. The van der Waals surface area contributed by atoms with Crippen molar-refractivity contribution in [1.82, 2.24) is 10.3 Å². The first-order chi connectivity index (χ1) is 9.58. The summed E-state index contributed by atoms with van der Waals surface area (Å²) in [5, 5.41) is 24.1. The molecular weight excluding hydrogens is 262 g/mol. The van der Waals surface area contributed by atoms with Crippen molar-refractivity contribution in [1.29, 1.82) is 0 Å². The minimum absolute atomic E-state index is 0.368. The highest BCUT2D eigenvalue weighted by Gasteiger charge is 2.14. The minimum atomic E-state index is -1.63. The zero-order valence-corrected chi connectivity index (χ0v) is 10.4. The van der Waals surface area contributed by atoms with Gasteiger partial charge in [-0.25, -0.2) is 9.59 Å². The van der Waals surface area contributed by atoms with Crippen molar-refractivity contribution in [3.8, 4) is 0 Å². The van der Waals surface area contributed by atoms with E-state index in [1.807, 2.05) is 6.07 Å². The number of fused-ring (bicyclic) bond motifs is 1. The molecule has 0 saturated heterocycles. The van der Waals surface area contributed by atoms with Crippen LogP contribution in [-0.4, -0.2) is 39.8 Å². The van der Waals surface area contributed by atoms with Gasteiger partial charge in [-0.1, -0.05) is 12.1 Å². The number of aromatic nitrogens is 1. The molecule has 4 N–H and O–H groups in total. The zero-order chi connectivity index (χ0) is 14.5. The quantitative estimate of drug-likeness (QED) is 0.659. The van der Waals surface area contributed by atoms with Crippen LogP contribution < -0.4 is 10.6 Å². The van der Waals surface area contributed by atoms with Gasteiger partial charge in [-0.2, -0.15) is 0 Å². The number of rotatable bonds is 4. The Hall–Kier alpha value is -2.67. The molecule has 0 aliphatic rings. The Balaban J connectivity index is 2.05. The number of hydrogen-bond donors (Lipinski definition) is 4. The number of aliphatic carboxylic acids is 1. The molecule has 1 aromatic heterocycles. The van der Waals surface area contributed by atoms with E-state index in [-0.39, 0.29) is 6.54 Å². The summed E-state index contributed by atoms with van der Waals surface area (Å²) in [5.41, 5.74) is 0.576. The average molecular weight is 275 g/mol. The van der Waals surface area contributed by atoms with Gasteiger partial charge in [0.15, 0.2) is 6.10 Å². The number of amides is 2. The van der Waals surface area contributed by atoms with Crippen LogP contribution >= 0.6 is 0 Å². The molecule has 0 unspecified atom stereocenters. The molecule has 1 heterocycles. The second-order valence-electron chi connectivity index (χ2n) is 4.09. The van der Waals surface area contributed by atoms with Crippen LogP contribution in [0.3, 0.4) is 0 Å². The summed E-state index contributed by atoms with van der Waals surface area (Å²) >= 11 is 0. The van der Waals surface area contributed by atoms with Crippen LogP contribution in [0.5, 0.6) is 0 Å². The van der Waals surface area contributed by atoms with E-state index in [1.165, 1.54) is 0 Å². The maximum atomic E-state index is 11.6. The highest BCUT2D eigenvalue weighted by Crippen LogP contribution is 2.21. The molecular formula is C13H13N3O4. The largest absolute Gasteiger partial charge is 0.479 e. The topological polar surface area (TPSA) is 112 Å². The summed E-state index contributed by atoms with van der Waals surface area (Å²) in [4.78, 5) is 26.0. The number of aliphatic hydroxyl groups excluding tert-OH is 1. The molecule has 0 saturated carbocycles. The molecule has 2 rings (SSSR count). The number of pyridine rings is 1. The van der Waals surface area contributed by atoms with Gasteiger partial charge in [0.05, 0.1) is 12.2 Å². The molecule has 7 heteroatoms. The van der Waals surface area contributed by atoms with Crippen LogP contribution in [0.25, 0.3) is 10.8 Å². The fourth-order valence-corrected chi connectivity index (χ4v) is 1.67. The van der Waals surface area contributed by atoms with Crippen LogP contribution in [0.1, 0.15) is 0 Å². The minimum Gasteiger partial charge on any atom is -0.479 e. The lowest BCUT2D eigenvalue weighted by atomic mass is 10.1. The monoisotopic (exact) mass is 275 g/mol. The highest BCUT2D eigenvalue weighted by molar-refractivity contribution is 6.01. The summed E-state index contributed by atoms with van der Waals surface area (Å²) in [6.45, 7) is -0.368. The molecule has 1 atom stereocenters. The number of nitrogens with zero attached hydrogens (tertiary/aromatic N) is 1. The third-order valence-electron chi connectivity index (χ3n) is 2.67. The van der Waals surface area contributed by atoms with Gasteiger partial charge in [-0.3, -0.25) is 4.98 Å². The van der Waals surface area contributed by atoms with Gasteiger partial charge in [0, 0.05) is 23.2 Å². The fraction of sp³-hybridized carbons (Fsp3) is 0.154. The molecule has 2 amide bonds. The lowest BCUT2D eigenvalue weighted by Crippen LogP contribution is -2.38. The van der Waals surface area contributed by atoms with Crippen molar-refractivity contribution in [2.45, 2.75) is 6.10 Å². The standard InChI is InChI=1S/C13H13N3O4/c17-11(12(18)19)7-15-13(20)16-10-3-1-2-8-6-14-5-4-9(8)10/h1-6,11,17H,7H2,(H,18,19)(H2,15,16,20)/t11-/m0/s1. The fourth-order valence-electron chi connectivity index (χ4n) is 1.67. The summed E-state index contributed by atoms with van der Waals surface area (Å²) in [5.74, 6) is -1.39. The van der Waals surface area contributed by atoms with Gasteiger partial charge in [-0.15, -0.1) is 0 Å². The van der Waals surface area contributed by atoms with E-state index >= 15 is 0 Å². The average Bonchev–Trinajstić information content (AvgIpc) is 2.45. The zero-order valence-electron chi connectivity index (χ0n) is 10.4. The first-order valence-corrected chi connectivity index (χ1v) is 5.86. The number of urea groups is 1. The summed E-state index contributed by atoms with van der Waals surface area (Å²) in [7, 11) is 0. The molecule has 1 aromatic carbocycles. The van der Waals surface area contributed by atoms with Crippen molar-refractivity contribution in [2.24, 2.45) is 0 Å². The van der Waals surface area contributed by atoms with Gasteiger partial charge in [0.2, 0.25) is 0 Å². The number of carbonyl (C=O) groups excluding carboxylic acids is 1. The van der Waals surface area contributed by atoms with Crippen LogP contribution in [0.15, 0.2) is 36.7 Å². The van der Waals surface area contributed by atoms with E-state index in [0.29, 0.717) is 5.69 Å². The summed E-state index contributed by atoms with van der Waals surface area (Å²) < 4.78 is 0. The lowest BCUT2D eigenvalue weighted by molar-refractivity contribution is -0.146. The predicted molar refractivity (Wildman–Crippen MR) is 72.4 cm³/mol. The van der Waals surface area contributed by atoms with Gasteiger partial charge >= 0.3 is 12.0 Å². The molecule has 0 radical (unpaired) electrons. The highest BCUT2D eigenvalue weighted by atomic mass is 16.4. The second kappa shape index (κ2) is 5.98. The number of hydrogen-bond acceptors (Lipinski definition) is 4. The normalized spacial score (nSPS) is 11.8. The second-order valence-corrected chi connectivity index (χ2v) is 4.09. The predicted octanol–water partition coefficient (Wildman–Crippen LogP) is 0.802. The first kappa shape index (κ1) is 13.8. The molecule has 104 valence electrons. The maximum Gasteiger partial charge on any atom is 0.334 e. The van der Waals surface area contributed by atoms with E-state index in [9.17, 15) is 9.59 Å². The Morgan fingerprint density at radius 1 is 1.30 bits per heavy atom. The number of carboxylic acids is 1. The van der Waals surface area contributed by atoms with E-state index in [0.717, 1.165) is 10.8 Å². The molecule has 20 heavy (non-hydrogen) atoms. The molecule has 0 aliphatic carbocycles. The van der Waals surface area contributed by atoms with Gasteiger partial charge in [0.1, 0.15) is 0 Å². The molecule has 0 fully saturated rings. The smallest absolute Gasteiger partial charge is 0.334 e. The number of aliphatic hydroxyl groups is 1. The van der Waals surface area contributed by atoms with Crippen LogP contribution in [0, 0.1) is 0 Å². The number of benzene rings is 1. The SMILES string of the molecule is O=C(NC[C@H](O)C(=O)O)Nc1cccc2cnccc12. The van der Waals surface area contributed by atoms with Crippen LogP contribution in [0.2, 0.25) is 0 Å².